The first-order valence-corrected chi connectivity index (χ1v) is 9.42. The fraction of sp³-hybridized carbons (Fsp3) is 0.400. The van der Waals surface area contributed by atoms with Crippen LogP contribution in [-0.4, -0.2) is 47.9 Å². The van der Waals surface area contributed by atoms with E-state index in [1.54, 1.807) is 6.07 Å². The minimum absolute atomic E-state index is 0.118. The minimum Gasteiger partial charge on any atom is -0.491 e. The van der Waals surface area contributed by atoms with E-state index in [1.165, 1.54) is 0 Å². The molecule has 1 atom stereocenters. The Bertz CT molecular complexity index is 931. The van der Waals surface area contributed by atoms with Gasteiger partial charge in [0.2, 0.25) is 0 Å². The third-order valence-electron chi connectivity index (χ3n) is 4.89. The lowest BCUT2D eigenvalue weighted by Crippen LogP contribution is -2.24. The monoisotopic (exact) mass is 385 g/mol. The second-order valence-corrected chi connectivity index (χ2v) is 7.03. The number of hydrogen-bond donors (Lipinski definition) is 4. The number of anilines is 3. The highest BCUT2D eigenvalue weighted by atomic mass is 19.1. The highest BCUT2D eigenvalue weighted by Crippen LogP contribution is 2.40. The van der Waals surface area contributed by atoms with Gasteiger partial charge in [0.1, 0.15) is 5.82 Å². The van der Waals surface area contributed by atoms with Crippen LogP contribution in [-0.2, 0) is 6.42 Å². The molecule has 2 aliphatic heterocycles. The van der Waals surface area contributed by atoms with E-state index in [2.05, 4.69) is 25.9 Å². The van der Waals surface area contributed by atoms with Gasteiger partial charge < -0.3 is 25.8 Å². The molecule has 2 aliphatic rings. The van der Waals surface area contributed by atoms with E-state index in [0.717, 1.165) is 17.0 Å². The molecule has 8 heteroatoms. The van der Waals surface area contributed by atoms with Crippen LogP contribution < -0.4 is 20.7 Å². The molecule has 4 rings (SSSR count). The summed E-state index contributed by atoms with van der Waals surface area (Å²) in [4.78, 5) is 8.88. The molecule has 0 saturated carbocycles. The van der Waals surface area contributed by atoms with Crippen LogP contribution in [0.4, 0.5) is 21.7 Å². The van der Waals surface area contributed by atoms with E-state index in [1.807, 2.05) is 26.1 Å². The van der Waals surface area contributed by atoms with Crippen LogP contribution in [0.3, 0.4) is 0 Å². The second kappa shape index (κ2) is 7.73. The van der Waals surface area contributed by atoms with Gasteiger partial charge in [-0.25, -0.2) is 14.4 Å². The summed E-state index contributed by atoms with van der Waals surface area (Å²) in [5.41, 5.74) is 3.51. The number of hydrogen-bond acceptors (Lipinski definition) is 7. The standard InChI is InChI=1S/C20H24FN5O2/c1-11-7-13(22-2)9-16(24-11)26-20-18(21)17(19-15(25-20)4-6-28-19)12-3-5-23-10-14(27)8-12/h3,7,9,14,23,27H,4-6,8,10H2,1-2H3,(H2,22,24,25,26). The molecule has 0 radical (unpaired) electrons. The molecule has 0 saturated heterocycles. The van der Waals surface area contributed by atoms with Crippen molar-refractivity contribution in [3.8, 4) is 5.75 Å². The van der Waals surface area contributed by atoms with Crippen LogP contribution >= 0.6 is 0 Å². The topological polar surface area (TPSA) is 91.3 Å². The fourth-order valence-electron chi connectivity index (χ4n) is 3.60. The highest BCUT2D eigenvalue weighted by Gasteiger charge is 2.28. The van der Waals surface area contributed by atoms with Crippen LogP contribution in [0.25, 0.3) is 5.57 Å². The Morgan fingerprint density at radius 3 is 3.00 bits per heavy atom. The van der Waals surface area contributed by atoms with Gasteiger partial charge in [0.05, 0.1) is 24.0 Å². The first-order chi connectivity index (χ1) is 13.5. The lowest BCUT2D eigenvalue weighted by Gasteiger charge is -2.17. The van der Waals surface area contributed by atoms with Gasteiger partial charge in [0.25, 0.3) is 0 Å². The lowest BCUT2D eigenvalue weighted by atomic mass is 9.98. The van der Waals surface area contributed by atoms with Crippen molar-refractivity contribution < 1.29 is 14.2 Å². The zero-order valence-corrected chi connectivity index (χ0v) is 16.0. The van der Waals surface area contributed by atoms with Crippen LogP contribution in [0, 0.1) is 12.7 Å². The number of pyridine rings is 2. The molecular weight excluding hydrogens is 361 g/mol. The van der Waals surface area contributed by atoms with Crippen LogP contribution in [0.2, 0.25) is 0 Å². The number of fused-ring (bicyclic) bond motifs is 1. The number of nitrogens with zero attached hydrogens (tertiary/aromatic N) is 2. The summed E-state index contributed by atoms with van der Waals surface area (Å²) in [6.07, 6.45) is 2.31. The maximum absolute atomic E-state index is 15.5. The molecule has 1 unspecified atom stereocenters. The Morgan fingerprint density at radius 2 is 2.18 bits per heavy atom. The Balaban J connectivity index is 1.77. The summed E-state index contributed by atoms with van der Waals surface area (Å²) in [6.45, 7) is 3.39. The SMILES string of the molecule is CNc1cc(C)nc(Nc2nc3c(c(C4=CCNCC(O)C4)c2F)OCC3)c1. The molecule has 0 spiro atoms. The van der Waals surface area contributed by atoms with Gasteiger partial charge >= 0.3 is 0 Å². The molecule has 4 N–H and O–H groups in total. The molecule has 148 valence electrons. The van der Waals surface area contributed by atoms with Crippen LogP contribution in [0.1, 0.15) is 23.4 Å². The number of ether oxygens (including phenoxy) is 1. The first kappa shape index (κ1) is 18.6. The molecule has 28 heavy (non-hydrogen) atoms. The van der Waals surface area contributed by atoms with Gasteiger partial charge in [0.15, 0.2) is 17.4 Å². The summed E-state index contributed by atoms with van der Waals surface area (Å²) >= 11 is 0. The molecule has 4 heterocycles. The number of aryl methyl sites for hydroxylation is 1. The van der Waals surface area contributed by atoms with Crippen LogP contribution in [0.15, 0.2) is 18.2 Å². The molecular formula is C20H24FN5O2. The molecule has 0 amide bonds. The smallest absolute Gasteiger partial charge is 0.177 e. The number of β-amino-alcohol motifs (C(OH)–C–C–N with tert-alkyl or cyclic N) is 1. The number of aliphatic hydroxyl groups is 1. The zero-order valence-electron chi connectivity index (χ0n) is 16.0. The average molecular weight is 385 g/mol. The Hall–Kier alpha value is -2.71. The summed E-state index contributed by atoms with van der Waals surface area (Å²) in [5.74, 6) is 0.621. The van der Waals surface area contributed by atoms with E-state index in [-0.39, 0.29) is 5.82 Å². The van der Waals surface area contributed by atoms with E-state index in [0.29, 0.717) is 55.4 Å². The maximum Gasteiger partial charge on any atom is 0.177 e. The van der Waals surface area contributed by atoms with Crippen molar-refractivity contribution in [2.45, 2.75) is 25.9 Å². The van der Waals surface area contributed by atoms with Crippen molar-refractivity contribution in [3.05, 3.63) is 41.0 Å². The van der Waals surface area contributed by atoms with Gasteiger partial charge in [-0.3, -0.25) is 0 Å². The van der Waals surface area contributed by atoms with Gasteiger partial charge in [-0.15, -0.1) is 0 Å². The molecule has 0 bridgehead atoms. The predicted molar refractivity (Wildman–Crippen MR) is 107 cm³/mol. The lowest BCUT2D eigenvalue weighted by molar-refractivity contribution is 0.180. The van der Waals surface area contributed by atoms with Crippen molar-refractivity contribution in [3.63, 3.8) is 0 Å². The average Bonchev–Trinajstić information content (AvgIpc) is 3.01. The maximum atomic E-state index is 15.5. The summed E-state index contributed by atoms with van der Waals surface area (Å²) in [5, 5.41) is 19.4. The molecule has 0 fully saturated rings. The van der Waals surface area contributed by atoms with Gasteiger partial charge in [-0.1, -0.05) is 6.08 Å². The Labute approximate surface area is 163 Å². The van der Waals surface area contributed by atoms with E-state index >= 15 is 4.39 Å². The number of halogens is 1. The molecule has 0 aromatic carbocycles. The largest absolute Gasteiger partial charge is 0.491 e. The third kappa shape index (κ3) is 3.65. The first-order valence-electron chi connectivity index (χ1n) is 9.42. The highest BCUT2D eigenvalue weighted by molar-refractivity contribution is 5.76. The third-order valence-corrected chi connectivity index (χ3v) is 4.89. The molecule has 2 aromatic rings. The predicted octanol–water partition coefficient (Wildman–Crippen LogP) is 2.38. The van der Waals surface area contributed by atoms with Crippen molar-refractivity contribution in [2.24, 2.45) is 0 Å². The Morgan fingerprint density at radius 1 is 1.32 bits per heavy atom. The number of rotatable bonds is 4. The Kier molecular flexibility index (Phi) is 5.15. The summed E-state index contributed by atoms with van der Waals surface area (Å²) in [7, 11) is 1.82. The van der Waals surface area contributed by atoms with E-state index in [9.17, 15) is 5.11 Å². The quantitative estimate of drug-likeness (QED) is 0.642. The molecule has 2 aromatic heterocycles. The van der Waals surface area contributed by atoms with Gasteiger partial charge in [-0.2, -0.15) is 0 Å². The minimum atomic E-state index is -0.577. The van der Waals surface area contributed by atoms with Gasteiger partial charge in [0, 0.05) is 50.4 Å². The number of nitrogens with one attached hydrogen (secondary N) is 3. The summed E-state index contributed by atoms with van der Waals surface area (Å²) in [6, 6.07) is 3.71. The van der Waals surface area contributed by atoms with E-state index in [4.69, 9.17) is 4.74 Å². The van der Waals surface area contributed by atoms with E-state index < -0.39 is 11.9 Å². The second-order valence-electron chi connectivity index (χ2n) is 7.03. The van der Waals surface area contributed by atoms with Crippen molar-refractivity contribution in [2.75, 3.05) is 37.4 Å². The van der Waals surface area contributed by atoms with Gasteiger partial charge in [-0.05, 0) is 18.6 Å². The normalized spacial score (nSPS) is 18.7. The molecule has 7 nitrogen and oxygen atoms in total. The van der Waals surface area contributed by atoms with Crippen molar-refractivity contribution in [1.82, 2.24) is 15.3 Å². The zero-order chi connectivity index (χ0) is 19.7. The van der Waals surface area contributed by atoms with Crippen molar-refractivity contribution in [1.29, 1.82) is 0 Å². The number of aromatic nitrogens is 2. The van der Waals surface area contributed by atoms with Crippen molar-refractivity contribution >= 4 is 22.9 Å². The fourth-order valence-corrected chi connectivity index (χ4v) is 3.60. The van der Waals surface area contributed by atoms with Crippen LogP contribution in [0.5, 0.6) is 5.75 Å². The summed E-state index contributed by atoms with van der Waals surface area (Å²) < 4.78 is 21.3. The number of aliphatic hydroxyl groups excluding tert-OH is 1. The molecule has 0 aliphatic carbocycles.